The minimum Gasteiger partial charge on any atom is -0.355 e. The van der Waals surface area contributed by atoms with Crippen LogP contribution < -0.4 is 20.4 Å². The first-order valence-electron chi connectivity index (χ1n) is 6.63. The van der Waals surface area contributed by atoms with Crippen molar-refractivity contribution in [3.8, 4) is 0 Å². The van der Waals surface area contributed by atoms with Crippen LogP contribution in [0.5, 0.6) is 0 Å². The predicted molar refractivity (Wildman–Crippen MR) is 80.3 cm³/mol. The van der Waals surface area contributed by atoms with Crippen molar-refractivity contribution >= 4 is 23.8 Å². The molecule has 0 aliphatic heterocycles. The first-order valence-corrected chi connectivity index (χ1v) is 6.63. The second-order valence-electron chi connectivity index (χ2n) is 4.49. The molecule has 0 saturated heterocycles. The van der Waals surface area contributed by atoms with Crippen LogP contribution in [0.15, 0.2) is 0 Å². The van der Waals surface area contributed by atoms with Gasteiger partial charge in [-0.05, 0) is 13.8 Å². The van der Waals surface area contributed by atoms with E-state index in [1.807, 2.05) is 27.9 Å². The van der Waals surface area contributed by atoms with Crippen LogP contribution in [-0.4, -0.2) is 61.6 Å². The van der Waals surface area contributed by atoms with Crippen molar-refractivity contribution in [2.75, 3.05) is 55.9 Å². The molecule has 20 heavy (non-hydrogen) atoms. The zero-order chi connectivity index (χ0) is 15.1. The van der Waals surface area contributed by atoms with Gasteiger partial charge in [0, 0.05) is 34.2 Å². The van der Waals surface area contributed by atoms with Gasteiger partial charge in [-0.2, -0.15) is 15.0 Å². The van der Waals surface area contributed by atoms with E-state index in [4.69, 9.17) is 0 Å². The van der Waals surface area contributed by atoms with Gasteiger partial charge in [0.2, 0.25) is 23.8 Å². The summed E-state index contributed by atoms with van der Waals surface area (Å²) in [6.45, 7) is 5.38. The van der Waals surface area contributed by atoms with E-state index in [9.17, 15) is 4.79 Å². The topological polar surface area (TPSA) is 86.3 Å². The zero-order valence-electron chi connectivity index (χ0n) is 12.8. The minimum absolute atomic E-state index is 0.0631. The van der Waals surface area contributed by atoms with E-state index in [1.165, 1.54) is 0 Å². The highest BCUT2D eigenvalue weighted by Crippen LogP contribution is 2.13. The number of nitrogens with zero attached hydrogens (tertiary/aromatic N) is 5. The summed E-state index contributed by atoms with van der Waals surface area (Å²) >= 11 is 0. The first kappa shape index (κ1) is 15.9. The molecule has 0 atom stereocenters. The molecule has 0 aromatic carbocycles. The summed E-state index contributed by atoms with van der Waals surface area (Å²) in [7, 11) is 5.50. The predicted octanol–water partition coefficient (Wildman–Crippen LogP) is -0.0583. The number of aromatic nitrogens is 3. The molecule has 2 N–H and O–H groups in total. The highest BCUT2D eigenvalue weighted by molar-refractivity contribution is 5.80. The molecule has 112 valence electrons. The Labute approximate surface area is 119 Å². The molecule has 0 aliphatic carbocycles. The lowest BCUT2D eigenvalue weighted by Gasteiger charge is -2.19. The Morgan fingerprint density at radius 2 is 1.70 bits per heavy atom. The van der Waals surface area contributed by atoms with Gasteiger partial charge in [-0.15, -0.1) is 0 Å². The third kappa shape index (κ3) is 4.52. The van der Waals surface area contributed by atoms with E-state index in [1.54, 1.807) is 16.8 Å². The number of hydrogen-bond donors (Lipinski definition) is 2. The first-order chi connectivity index (χ1) is 9.47. The standard InChI is InChI=1S/C12H23N7O/c1-6-13-9(20)8-19(5)12-16-10(14-7-2)15-11(17-12)18(3)4/h6-8H2,1-5H3,(H,13,20)(H,14,15,16,17). The lowest BCUT2D eigenvalue weighted by Crippen LogP contribution is -2.36. The summed E-state index contributed by atoms with van der Waals surface area (Å²) in [6.07, 6.45) is 0. The van der Waals surface area contributed by atoms with Gasteiger partial charge in [0.05, 0.1) is 6.54 Å². The van der Waals surface area contributed by atoms with E-state index in [2.05, 4.69) is 25.6 Å². The van der Waals surface area contributed by atoms with E-state index in [0.29, 0.717) is 24.4 Å². The van der Waals surface area contributed by atoms with Crippen LogP contribution in [0.1, 0.15) is 13.8 Å². The van der Waals surface area contributed by atoms with Gasteiger partial charge in [-0.3, -0.25) is 4.79 Å². The van der Waals surface area contributed by atoms with E-state index < -0.39 is 0 Å². The van der Waals surface area contributed by atoms with Crippen molar-refractivity contribution in [3.05, 3.63) is 0 Å². The van der Waals surface area contributed by atoms with Crippen LogP contribution in [0.3, 0.4) is 0 Å². The molecule has 1 heterocycles. The normalized spacial score (nSPS) is 10.1. The molecular formula is C12H23N7O. The lowest BCUT2D eigenvalue weighted by atomic mass is 10.5. The Bertz CT molecular complexity index is 449. The highest BCUT2D eigenvalue weighted by atomic mass is 16.2. The Balaban J connectivity index is 2.94. The number of hydrogen-bond acceptors (Lipinski definition) is 7. The Kier molecular flexibility index (Phi) is 5.95. The molecule has 1 aromatic heterocycles. The van der Waals surface area contributed by atoms with Crippen LogP contribution in [0.25, 0.3) is 0 Å². The molecule has 1 amide bonds. The van der Waals surface area contributed by atoms with E-state index in [-0.39, 0.29) is 12.5 Å². The summed E-state index contributed by atoms with van der Waals surface area (Å²) in [6, 6.07) is 0. The summed E-state index contributed by atoms with van der Waals surface area (Å²) in [4.78, 5) is 28.0. The van der Waals surface area contributed by atoms with Gasteiger partial charge in [-0.25, -0.2) is 0 Å². The van der Waals surface area contributed by atoms with E-state index >= 15 is 0 Å². The molecule has 0 saturated carbocycles. The van der Waals surface area contributed by atoms with Crippen molar-refractivity contribution in [2.24, 2.45) is 0 Å². The average molecular weight is 281 g/mol. The number of nitrogens with one attached hydrogen (secondary N) is 2. The number of carbonyl (C=O) groups excluding carboxylic acids is 1. The Morgan fingerprint density at radius 1 is 1.05 bits per heavy atom. The average Bonchev–Trinajstić information content (AvgIpc) is 2.38. The molecule has 0 spiro atoms. The summed E-state index contributed by atoms with van der Waals surface area (Å²) in [5.41, 5.74) is 0. The van der Waals surface area contributed by atoms with Gasteiger partial charge in [-0.1, -0.05) is 0 Å². The molecule has 0 unspecified atom stereocenters. The molecule has 0 aliphatic rings. The molecular weight excluding hydrogens is 258 g/mol. The Morgan fingerprint density at radius 3 is 2.25 bits per heavy atom. The van der Waals surface area contributed by atoms with Crippen LogP contribution in [-0.2, 0) is 4.79 Å². The molecule has 1 rings (SSSR count). The summed E-state index contributed by atoms with van der Waals surface area (Å²) < 4.78 is 0. The van der Waals surface area contributed by atoms with Gasteiger partial charge in [0.25, 0.3) is 0 Å². The van der Waals surface area contributed by atoms with Crippen molar-refractivity contribution in [1.29, 1.82) is 0 Å². The third-order valence-corrected chi connectivity index (χ3v) is 2.44. The smallest absolute Gasteiger partial charge is 0.239 e. The number of carbonyl (C=O) groups is 1. The van der Waals surface area contributed by atoms with Crippen molar-refractivity contribution in [1.82, 2.24) is 20.3 Å². The fourth-order valence-electron chi connectivity index (χ4n) is 1.50. The zero-order valence-corrected chi connectivity index (χ0v) is 12.8. The van der Waals surface area contributed by atoms with E-state index in [0.717, 1.165) is 6.54 Å². The quantitative estimate of drug-likeness (QED) is 0.724. The van der Waals surface area contributed by atoms with Gasteiger partial charge in [0.15, 0.2) is 0 Å². The minimum atomic E-state index is -0.0631. The van der Waals surface area contributed by atoms with Gasteiger partial charge in [0.1, 0.15) is 0 Å². The second kappa shape index (κ2) is 7.46. The number of rotatable bonds is 7. The van der Waals surface area contributed by atoms with Crippen molar-refractivity contribution in [3.63, 3.8) is 0 Å². The second-order valence-corrected chi connectivity index (χ2v) is 4.49. The molecule has 0 bridgehead atoms. The fourth-order valence-corrected chi connectivity index (χ4v) is 1.50. The maximum absolute atomic E-state index is 11.6. The molecule has 0 fully saturated rings. The maximum Gasteiger partial charge on any atom is 0.239 e. The molecule has 8 heteroatoms. The third-order valence-electron chi connectivity index (χ3n) is 2.44. The van der Waals surface area contributed by atoms with Crippen LogP contribution in [0.2, 0.25) is 0 Å². The van der Waals surface area contributed by atoms with Crippen LogP contribution in [0, 0.1) is 0 Å². The largest absolute Gasteiger partial charge is 0.355 e. The summed E-state index contributed by atoms with van der Waals surface area (Å²) in [5.74, 6) is 1.45. The maximum atomic E-state index is 11.6. The summed E-state index contributed by atoms with van der Waals surface area (Å²) in [5, 5.41) is 5.81. The monoisotopic (exact) mass is 281 g/mol. The van der Waals surface area contributed by atoms with Gasteiger partial charge < -0.3 is 20.4 Å². The van der Waals surface area contributed by atoms with Crippen LogP contribution >= 0.6 is 0 Å². The lowest BCUT2D eigenvalue weighted by molar-refractivity contribution is -0.119. The fraction of sp³-hybridized carbons (Fsp3) is 0.667. The SMILES string of the molecule is CCNC(=O)CN(C)c1nc(NCC)nc(N(C)C)n1. The highest BCUT2D eigenvalue weighted by Gasteiger charge is 2.13. The van der Waals surface area contributed by atoms with Crippen molar-refractivity contribution in [2.45, 2.75) is 13.8 Å². The molecule has 8 nitrogen and oxygen atoms in total. The molecule has 0 radical (unpaired) electrons. The number of anilines is 3. The Hall–Kier alpha value is -2.12. The van der Waals surface area contributed by atoms with Crippen molar-refractivity contribution < 1.29 is 4.79 Å². The number of amides is 1. The van der Waals surface area contributed by atoms with Crippen LogP contribution in [0.4, 0.5) is 17.8 Å². The molecule has 1 aromatic rings. The number of likely N-dealkylation sites (N-methyl/N-ethyl adjacent to an activating group) is 2. The van der Waals surface area contributed by atoms with Gasteiger partial charge >= 0.3 is 0 Å².